The summed E-state index contributed by atoms with van der Waals surface area (Å²) >= 11 is 3.21. The smallest absolute Gasteiger partial charge is 0.407 e. The van der Waals surface area contributed by atoms with Gasteiger partial charge in [0.15, 0.2) is 0 Å². The van der Waals surface area contributed by atoms with Gasteiger partial charge in [-0.05, 0) is 46.3 Å². The number of rotatable bonds is 5. The molecule has 0 unspecified atom stereocenters. The number of amides is 1. The molecule has 0 atom stereocenters. The van der Waals surface area contributed by atoms with Crippen LogP contribution in [0, 0.1) is 0 Å². The fraction of sp³-hybridized carbons (Fsp3) is 0.214. The van der Waals surface area contributed by atoms with Crippen LogP contribution in [-0.2, 0) is 21.4 Å². The number of carbonyl (C=O) groups is 1. The number of methoxy groups -OCH3 is 1. The van der Waals surface area contributed by atoms with Crippen LogP contribution in [0.25, 0.3) is 0 Å². The summed E-state index contributed by atoms with van der Waals surface area (Å²) in [4.78, 5) is 11.2. The Balaban J connectivity index is 2.28. The summed E-state index contributed by atoms with van der Waals surface area (Å²) in [6.45, 7) is -0.0383. The van der Waals surface area contributed by atoms with Crippen LogP contribution in [0.4, 0.5) is 4.79 Å². The summed E-state index contributed by atoms with van der Waals surface area (Å²) in [5.74, 6) is 0.565. The van der Waals surface area contributed by atoms with Crippen LogP contribution in [0.2, 0.25) is 0 Å². The Kier molecular flexibility index (Phi) is 5.32. The molecule has 124 valence electrons. The minimum absolute atomic E-state index is 0.0383. The number of nitrogens with zero attached hydrogens (tertiary/aromatic N) is 1. The van der Waals surface area contributed by atoms with E-state index in [4.69, 9.17) is 9.47 Å². The Hall–Kier alpha value is -2.00. The van der Waals surface area contributed by atoms with E-state index in [1.165, 1.54) is 32.5 Å². The Labute approximate surface area is 142 Å². The summed E-state index contributed by atoms with van der Waals surface area (Å²) in [6, 6.07) is 7.63. The molecule has 0 aliphatic rings. The van der Waals surface area contributed by atoms with Gasteiger partial charge in [0.2, 0.25) is 0 Å². The van der Waals surface area contributed by atoms with E-state index in [-0.39, 0.29) is 11.5 Å². The minimum atomic E-state index is -3.76. The first-order valence-corrected chi connectivity index (χ1v) is 8.72. The highest BCUT2D eigenvalue weighted by molar-refractivity contribution is 9.10. The van der Waals surface area contributed by atoms with Crippen LogP contribution in [-0.4, -0.2) is 32.6 Å². The van der Waals surface area contributed by atoms with Crippen molar-refractivity contribution < 1.29 is 22.7 Å². The van der Waals surface area contributed by atoms with E-state index in [2.05, 4.69) is 21.2 Å². The molecule has 1 heterocycles. The highest BCUT2D eigenvalue weighted by atomic mass is 79.9. The summed E-state index contributed by atoms with van der Waals surface area (Å²) in [7, 11) is -0.813. The maximum absolute atomic E-state index is 12.6. The fourth-order valence-electron chi connectivity index (χ4n) is 1.81. The first kappa shape index (κ1) is 17.4. The van der Waals surface area contributed by atoms with Crippen LogP contribution in [0.3, 0.4) is 0 Å². The summed E-state index contributed by atoms with van der Waals surface area (Å²) in [6.07, 6.45) is 0.805. The molecular weight excluding hydrogens is 388 g/mol. The lowest BCUT2D eigenvalue weighted by atomic mass is 10.3. The molecule has 1 aromatic carbocycles. The van der Waals surface area contributed by atoms with Crippen molar-refractivity contribution in [2.75, 3.05) is 14.2 Å². The van der Waals surface area contributed by atoms with Gasteiger partial charge in [0.1, 0.15) is 17.0 Å². The van der Waals surface area contributed by atoms with Gasteiger partial charge in [-0.3, -0.25) is 0 Å². The SMILES string of the molecule is CNC(=O)OCc1cc(Br)n(S(=O)(=O)c2ccc(OC)cc2)c1. The molecule has 0 fully saturated rings. The van der Waals surface area contributed by atoms with E-state index >= 15 is 0 Å². The molecule has 9 heteroatoms. The molecule has 2 rings (SSSR count). The number of halogens is 1. The topological polar surface area (TPSA) is 86.6 Å². The number of benzene rings is 1. The van der Waals surface area contributed by atoms with Crippen molar-refractivity contribution >= 4 is 32.0 Å². The standard InChI is InChI=1S/C14H15BrN2O5S/c1-16-14(18)22-9-10-7-13(15)17(8-10)23(19,20)12-5-3-11(21-2)4-6-12/h3-8H,9H2,1-2H3,(H,16,18). The van der Waals surface area contributed by atoms with Gasteiger partial charge in [-0.15, -0.1) is 0 Å². The summed E-state index contributed by atoms with van der Waals surface area (Å²) in [5, 5.41) is 2.31. The number of hydrogen-bond donors (Lipinski definition) is 1. The largest absolute Gasteiger partial charge is 0.497 e. The number of alkyl carbamates (subject to hydrolysis) is 1. The van der Waals surface area contributed by atoms with Crippen molar-refractivity contribution in [3.8, 4) is 5.75 Å². The second kappa shape index (κ2) is 7.05. The van der Waals surface area contributed by atoms with Gasteiger partial charge >= 0.3 is 6.09 Å². The zero-order valence-corrected chi connectivity index (χ0v) is 14.8. The second-order valence-electron chi connectivity index (χ2n) is 4.47. The van der Waals surface area contributed by atoms with Crippen LogP contribution in [0.1, 0.15) is 5.56 Å². The first-order chi connectivity index (χ1) is 10.9. The summed E-state index contributed by atoms with van der Waals surface area (Å²) in [5.41, 5.74) is 0.539. The quantitative estimate of drug-likeness (QED) is 0.829. The predicted molar refractivity (Wildman–Crippen MR) is 87.0 cm³/mol. The van der Waals surface area contributed by atoms with Gasteiger partial charge in [0.05, 0.1) is 12.0 Å². The van der Waals surface area contributed by atoms with Crippen LogP contribution < -0.4 is 10.1 Å². The number of hydrogen-bond acceptors (Lipinski definition) is 5. The molecule has 0 spiro atoms. The maximum atomic E-state index is 12.6. The number of aromatic nitrogens is 1. The Morgan fingerprint density at radius 1 is 1.30 bits per heavy atom. The van der Waals surface area contributed by atoms with Gasteiger partial charge in [-0.2, -0.15) is 0 Å². The third-order valence-corrected chi connectivity index (χ3v) is 5.52. The van der Waals surface area contributed by atoms with Gasteiger partial charge < -0.3 is 14.8 Å². The van der Waals surface area contributed by atoms with Gasteiger partial charge in [-0.25, -0.2) is 17.2 Å². The molecular formula is C14H15BrN2O5S. The average Bonchev–Trinajstić information content (AvgIpc) is 2.94. The molecule has 0 aliphatic heterocycles. The molecule has 1 N–H and O–H groups in total. The Bertz CT molecular complexity index is 799. The van der Waals surface area contributed by atoms with E-state index in [9.17, 15) is 13.2 Å². The van der Waals surface area contributed by atoms with Gasteiger partial charge in [-0.1, -0.05) is 0 Å². The molecule has 0 radical (unpaired) electrons. The van der Waals surface area contributed by atoms with E-state index in [0.29, 0.717) is 15.9 Å². The zero-order chi connectivity index (χ0) is 17.0. The normalized spacial score (nSPS) is 11.1. The van der Waals surface area contributed by atoms with Crippen molar-refractivity contribution in [3.63, 3.8) is 0 Å². The summed E-state index contributed by atoms with van der Waals surface area (Å²) < 4.78 is 36.6. The number of ether oxygens (including phenoxy) is 2. The van der Waals surface area contributed by atoms with Crippen molar-refractivity contribution in [2.45, 2.75) is 11.5 Å². The van der Waals surface area contributed by atoms with Gasteiger partial charge in [0.25, 0.3) is 10.0 Å². The minimum Gasteiger partial charge on any atom is -0.497 e. The molecule has 1 amide bonds. The third kappa shape index (κ3) is 3.85. The Morgan fingerprint density at radius 2 is 1.96 bits per heavy atom. The van der Waals surface area contributed by atoms with E-state index in [0.717, 1.165) is 3.97 Å². The zero-order valence-electron chi connectivity index (χ0n) is 12.4. The molecule has 7 nitrogen and oxygen atoms in total. The molecule has 0 aliphatic carbocycles. The monoisotopic (exact) mass is 402 g/mol. The van der Waals surface area contributed by atoms with E-state index < -0.39 is 16.1 Å². The average molecular weight is 403 g/mol. The number of nitrogens with one attached hydrogen (secondary N) is 1. The van der Waals surface area contributed by atoms with Crippen LogP contribution in [0.15, 0.2) is 46.0 Å². The van der Waals surface area contributed by atoms with Gasteiger partial charge in [0, 0.05) is 18.8 Å². The molecule has 0 saturated carbocycles. The van der Waals surface area contributed by atoms with E-state index in [1.807, 2.05) is 0 Å². The predicted octanol–water partition coefficient (Wildman–Crippen LogP) is 2.35. The first-order valence-electron chi connectivity index (χ1n) is 6.49. The van der Waals surface area contributed by atoms with Crippen molar-refractivity contribution in [3.05, 3.63) is 46.7 Å². The highest BCUT2D eigenvalue weighted by Crippen LogP contribution is 2.24. The molecule has 2 aromatic rings. The highest BCUT2D eigenvalue weighted by Gasteiger charge is 2.20. The second-order valence-corrected chi connectivity index (χ2v) is 7.10. The maximum Gasteiger partial charge on any atom is 0.407 e. The fourth-order valence-corrected chi connectivity index (χ4v) is 4.04. The molecule has 1 aromatic heterocycles. The number of carbonyl (C=O) groups excluding carboxylic acids is 1. The van der Waals surface area contributed by atoms with E-state index in [1.54, 1.807) is 18.2 Å². The van der Waals surface area contributed by atoms with Crippen molar-refractivity contribution in [1.82, 2.24) is 9.29 Å². The Morgan fingerprint density at radius 3 is 2.52 bits per heavy atom. The third-order valence-electron chi connectivity index (χ3n) is 2.99. The lowest BCUT2D eigenvalue weighted by Crippen LogP contribution is -2.18. The lowest BCUT2D eigenvalue weighted by Gasteiger charge is -2.08. The van der Waals surface area contributed by atoms with Crippen molar-refractivity contribution in [1.29, 1.82) is 0 Å². The van der Waals surface area contributed by atoms with Crippen LogP contribution in [0.5, 0.6) is 5.75 Å². The molecule has 23 heavy (non-hydrogen) atoms. The molecule has 0 bridgehead atoms. The van der Waals surface area contributed by atoms with Crippen molar-refractivity contribution in [2.24, 2.45) is 0 Å². The molecule has 0 saturated heterocycles. The van der Waals surface area contributed by atoms with Crippen LogP contribution >= 0.6 is 15.9 Å². The lowest BCUT2D eigenvalue weighted by molar-refractivity contribution is 0.142.